The third-order valence-corrected chi connectivity index (χ3v) is 6.44. The van der Waals surface area contributed by atoms with Crippen LogP contribution in [0.15, 0.2) is 42.6 Å². The van der Waals surface area contributed by atoms with Crippen LogP contribution in [0.3, 0.4) is 0 Å². The number of methoxy groups -OCH3 is 1. The highest BCUT2D eigenvalue weighted by molar-refractivity contribution is 6.00. The molecule has 0 unspecified atom stereocenters. The molecule has 0 spiro atoms. The summed E-state index contributed by atoms with van der Waals surface area (Å²) in [4.78, 5) is 11.8. The van der Waals surface area contributed by atoms with E-state index >= 15 is 0 Å². The zero-order valence-corrected chi connectivity index (χ0v) is 22.0. The number of hydrogen-bond donors (Lipinski definition) is 0. The van der Waals surface area contributed by atoms with Gasteiger partial charge in [0.05, 0.1) is 13.7 Å². The average Bonchev–Trinajstić information content (AvgIpc) is 3.14. The average molecular weight is 462 g/mol. The number of benzene rings is 2. The Morgan fingerprint density at radius 2 is 1.79 bits per heavy atom. The molecule has 3 aromatic rings. The number of nitrogens with zero attached hydrogens (tertiary/aromatic N) is 1. The van der Waals surface area contributed by atoms with Crippen LogP contribution in [0.1, 0.15) is 82.9 Å². The summed E-state index contributed by atoms with van der Waals surface area (Å²) in [7, 11) is 3.48. The van der Waals surface area contributed by atoms with Gasteiger partial charge in [-0.05, 0) is 65.6 Å². The second-order valence-corrected chi connectivity index (χ2v) is 9.73. The first kappa shape index (κ1) is 25.6. The van der Waals surface area contributed by atoms with Crippen molar-refractivity contribution in [3.63, 3.8) is 0 Å². The van der Waals surface area contributed by atoms with Gasteiger partial charge in [-0.3, -0.25) is 0 Å². The molecule has 0 fully saturated rings. The second-order valence-electron chi connectivity index (χ2n) is 9.73. The van der Waals surface area contributed by atoms with Gasteiger partial charge in [0.1, 0.15) is 5.75 Å². The van der Waals surface area contributed by atoms with Crippen LogP contribution in [0.5, 0.6) is 5.75 Å². The van der Waals surface area contributed by atoms with Crippen molar-refractivity contribution in [2.75, 3.05) is 13.7 Å². The summed E-state index contributed by atoms with van der Waals surface area (Å²) >= 11 is 0. The number of carbonyl (C=O) groups is 1. The SMILES string of the molecule is CCCCOc1c(-c2cn(C)c3ccc(C(C)=CC(=O)OC)cc23)cc(C(C)C)cc1C(C)C. The van der Waals surface area contributed by atoms with Gasteiger partial charge < -0.3 is 14.0 Å². The Morgan fingerprint density at radius 3 is 2.41 bits per heavy atom. The van der Waals surface area contributed by atoms with Crippen molar-refractivity contribution in [3.05, 3.63) is 59.3 Å². The Bertz CT molecular complexity index is 1200. The highest BCUT2D eigenvalue weighted by atomic mass is 16.5. The molecule has 0 saturated carbocycles. The highest BCUT2D eigenvalue weighted by Crippen LogP contribution is 2.43. The van der Waals surface area contributed by atoms with Gasteiger partial charge >= 0.3 is 5.97 Å². The summed E-state index contributed by atoms with van der Waals surface area (Å²) in [6, 6.07) is 11.0. The minimum Gasteiger partial charge on any atom is -0.493 e. The lowest BCUT2D eigenvalue weighted by Gasteiger charge is -2.21. The molecule has 2 aromatic carbocycles. The predicted molar refractivity (Wildman–Crippen MR) is 143 cm³/mol. The number of hydrogen-bond acceptors (Lipinski definition) is 3. The van der Waals surface area contributed by atoms with E-state index in [1.807, 2.05) is 6.92 Å². The summed E-state index contributed by atoms with van der Waals surface area (Å²) in [5, 5.41) is 1.15. The monoisotopic (exact) mass is 461 g/mol. The van der Waals surface area contributed by atoms with E-state index in [1.54, 1.807) is 6.08 Å². The van der Waals surface area contributed by atoms with Crippen LogP contribution < -0.4 is 4.74 Å². The lowest BCUT2D eigenvalue weighted by Crippen LogP contribution is -2.05. The Labute approximate surface area is 204 Å². The molecule has 0 aliphatic heterocycles. The van der Waals surface area contributed by atoms with E-state index < -0.39 is 0 Å². The Hall–Kier alpha value is -3.01. The maximum Gasteiger partial charge on any atom is 0.330 e. The van der Waals surface area contributed by atoms with Crippen molar-refractivity contribution < 1.29 is 14.3 Å². The van der Waals surface area contributed by atoms with Crippen LogP contribution in [-0.2, 0) is 16.6 Å². The summed E-state index contributed by atoms with van der Waals surface area (Å²) in [5.74, 6) is 1.41. The third kappa shape index (κ3) is 5.38. The number of aryl methyl sites for hydroxylation is 1. The van der Waals surface area contributed by atoms with E-state index in [4.69, 9.17) is 9.47 Å². The molecule has 34 heavy (non-hydrogen) atoms. The van der Waals surface area contributed by atoms with Crippen LogP contribution in [0.4, 0.5) is 0 Å². The molecule has 4 heteroatoms. The summed E-state index contributed by atoms with van der Waals surface area (Å²) in [6.07, 6.45) is 5.86. The molecule has 0 aliphatic carbocycles. The molecule has 0 saturated heterocycles. The maximum atomic E-state index is 11.8. The normalized spacial score (nSPS) is 12.1. The standard InChI is InChI=1S/C30H39NO3/c1-9-10-13-34-30-24(20(4)5)16-23(19(2)3)17-26(30)27-18-31(7)28-12-11-22(15-25(27)28)21(6)14-29(32)33-8/h11-12,14-20H,9-10,13H2,1-8H3. The van der Waals surface area contributed by atoms with Crippen LogP contribution in [-0.4, -0.2) is 24.3 Å². The zero-order chi connectivity index (χ0) is 25.0. The fraction of sp³-hybridized carbons (Fsp3) is 0.433. The zero-order valence-electron chi connectivity index (χ0n) is 22.0. The summed E-state index contributed by atoms with van der Waals surface area (Å²) in [6.45, 7) is 13.8. The Balaban J connectivity index is 2.29. The quantitative estimate of drug-likeness (QED) is 0.185. The van der Waals surface area contributed by atoms with Gasteiger partial charge in [0.2, 0.25) is 0 Å². The maximum absolute atomic E-state index is 11.8. The van der Waals surface area contributed by atoms with Gasteiger partial charge in [-0.25, -0.2) is 4.79 Å². The van der Waals surface area contributed by atoms with Crippen molar-refractivity contribution in [2.24, 2.45) is 7.05 Å². The number of ether oxygens (including phenoxy) is 2. The number of aromatic nitrogens is 1. The smallest absolute Gasteiger partial charge is 0.330 e. The number of fused-ring (bicyclic) bond motifs is 1. The van der Waals surface area contributed by atoms with Crippen LogP contribution in [0.2, 0.25) is 0 Å². The Morgan fingerprint density at radius 1 is 1.06 bits per heavy atom. The van der Waals surface area contributed by atoms with E-state index in [0.717, 1.165) is 51.8 Å². The molecule has 0 atom stereocenters. The van der Waals surface area contributed by atoms with Crippen molar-refractivity contribution in [2.45, 2.75) is 66.2 Å². The van der Waals surface area contributed by atoms with Crippen molar-refractivity contribution in [1.82, 2.24) is 4.57 Å². The summed E-state index contributed by atoms with van der Waals surface area (Å²) in [5.41, 5.74) is 7.89. The number of carbonyl (C=O) groups excluding carboxylic acids is 1. The minimum absolute atomic E-state index is 0.344. The van der Waals surface area contributed by atoms with Gasteiger partial charge in [0, 0.05) is 41.4 Å². The van der Waals surface area contributed by atoms with E-state index in [1.165, 1.54) is 18.2 Å². The molecule has 0 bridgehead atoms. The van der Waals surface area contributed by atoms with Crippen LogP contribution in [0.25, 0.3) is 27.6 Å². The number of rotatable bonds is 9. The van der Waals surface area contributed by atoms with E-state index in [9.17, 15) is 4.79 Å². The lowest BCUT2D eigenvalue weighted by molar-refractivity contribution is -0.134. The first-order valence-corrected chi connectivity index (χ1v) is 12.3. The molecule has 0 amide bonds. The van der Waals surface area contributed by atoms with Gasteiger partial charge in [0.15, 0.2) is 0 Å². The first-order chi connectivity index (χ1) is 16.2. The van der Waals surface area contributed by atoms with E-state index in [2.05, 4.69) is 82.8 Å². The van der Waals surface area contributed by atoms with Gasteiger partial charge in [-0.15, -0.1) is 0 Å². The molecule has 1 aromatic heterocycles. The van der Waals surface area contributed by atoms with Crippen molar-refractivity contribution >= 4 is 22.4 Å². The molecule has 4 nitrogen and oxygen atoms in total. The lowest BCUT2D eigenvalue weighted by atomic mass is 9.89. The van der Waals surface area contributed by atoms with Crippen molar-refractivity contribution in [1.29, 1.82) is 0 Å². The highest BCUT2D eigenvalue weighted by Gasteiger charge is 2.21. The fourth-order valence-electron chi connectivity index (χ4n) is 4.29. The number of esters is 1. The summed E-state index contributed by atoms with van der Waals surface area (Å²) < 4.78 is 13.5. The van der Waals surface area contributed by atoms with Crippen LogP contribution in [0, 0.1) is 0 Å². The van der Waals surface area contributed by atoms with Gasteiger partial charge in [-0.2, -0.15) is 0 Å². The van der Waals surface area contributed by atoms with E-state index in [0.29, 0.717) is 18.4 Å². The molecule has 3 rings (SSSR count). The van der Waals surface area contributed by atoms with Gasteiger partial charge in [-0.1, -0.05) is 53.2 Å². The second kappa shape index (κ2) is 10.9. The van der Waals surface area contributed by atoms with E-state index in [-0.39, 0.29) is 5.97 Å². The van der Waals surface area contributed by atoms with Crippen molar-refractivity contribution in [3.8, 4) is 16.9 Å². The first-order valence-electron chi connectivity index (χ1n) is 12.3. The molecule has 1 heterocycles. The van der Waals surface area contributed by atoms with Gasteiger partial charge in [0.25, 0.3) is 0 Å². The Kier molecular flexibility index (Phi) is 8.24. The predicted octanol–water partition coefficient (Wildman–Crippen LogP) is 7.85. The van der Waals surface area contributed by atoms with Crippen LogP contribution >= 0.6 is 0 Å². The molecule has 0 radical (unpaired) electrons. The molecule has 0 N–H and O–H groups in total. The molecular formula is C30H39NO3. The fourth-order valence-corrected chi connectivity index (χ4v) is 4.29. The molecule has 0 aliphatic rings. The number of allylic oxidation sites excluding steroid dienone is 1. The molecule has 182 valence electrons. The largest absolute Gasteiger partial charge is 0.493 e. The molecular weight excluding hydrogens is 422 g/mol. The topological polar surface area (TPSA) is 40.5 Å². The number of unbranched alkanes of at least 4 members (excludes halogenated alkanes) is 1. The minimum atomic E-state index is -0.344. The third-order valence-electron chi connectivity index (χ3n) is 6.44.